The Hall–Kier alpha value is -2.94. The zero-order chi connectivity index (χ0) is 22.0. The summed E-state index contributed by atoms with van der Waals surface area (Å²) in [6.45, 7) is -0.127. The zero-order valence-electron chi connectivity index (χ0n) is 16.4. The van der Waals surface area contributed by atoms with Crippen molar-refractivity contribution in [3.8, 4) is 16.9 Å². The molecule has 1 aliphatic rings. The number of aromatic hydroxyl groups is 1. The number of amides is 1. The van der Waals surface area contributed by atoms with Gasteiger partial charge in [-0.2, -0.15) is 0 Å². The number of hydrogen-bond acceptors (Lipinski definition) is 6. The molecule has 3 aromatic rings. The molecule has 1 aromatic heterocycles. The molecule has 31 heavy (non-hydrogen) atoms. The molecule has 8 heteroatoms. The Labute approximate surface area is 187 Å². The van der Waals surface area contributed by atoms with E-state index in [0.717, 1.165) is 22.3 Å². The number of nitrogens with one attached hydrogen (secondary N) is 1. The van der Waals surface area contributed by atoms with E-state index in [9.17, 15) is 20.1 Å². The van der Waals surface area contributed by atoms with Crippen molar-refractivity contribution in [2.75, 3.05) is 13.2 Å². The van der Waals surface area contributed by atoms with Crippen molar-refractivity contribution >= 4 is 22.0 Å². The van der Waals surface area contributed by atoms with E-state index < -0.39 is 18.3 Å². The first-order valence-corrected chi connectivity index (χ1v) is 10.6. The maximum Gasteiger partial charge on any atom is 0.407 e. The molecule has 4 rings (SSSR count). The number of aliphatic hydroxyl groups excluding tert-OH is 2. The topological polar surface area (TPSA) is 112 Å². The van der Waals surface area contributed by atoms with Crippen molar-refractivity contribution in [3.05, 3.63) is 82.1 Å². The van der Waals surface area contributed by atoms with E-state index in [4.69, 9.17) is 4.74 Å². The zero-order valence-corrected chi connectivity index (χ0v) is 18.0. The van der Waals surface area contributed by atoms with E-state index in [-0.39, 0.29) is 30.5 Å². The molecule has 160 valence electrons. The molecule has 0 fully saturated rings. The summed E-state index contributed by atoms with van der Waals surface area (Å²) in [5, 5.41) is 32.7. The lowest BCUT2D eigenvalue weighted by Crippen LogP contribution is -2.36. The summed E-state index contributed by atoms with van der Waals surface area (Å²) in [6.07, 6.45) is -3.57. The molecular weight excluding hydrogens is 464 g/mol. The van der Waals surface area contributed by atoms with Gasteiger partial charge in [0, 0.05) is 12.5 Å². The number of aliphatic hydroxyl groups is 2. The molecule has 2 atom stereocenters. The van der Waals surface area contributed by atoms with Gasteiger partial charge in [0.1, 0.15) is 34.9 Å². The van der Waals surface area contributed by atoms with E-state index in [1.165, 1.54) is 12.1 Å². The summed E-state index contributed by atoms with van der Waals surface area (Å²) >= 11 is 3.15. The predicted octanol–water partition coefficient (Wildman–Crippen LogP) is 3.48. The number of halogens is 1. The van der Waals surface area contributed by atoms with Crippen LogP contribution in [0.5, 0.6) is 5.75 Å². The Balaban J connectivity index is 1.35. The number of hydrogen-bond donors (Lipinski definition) is 4. The molecule has 0 saturated heterocycles. The van der Waals surface area contributed by atoms with Crippen LogP contribution < -0.4 is 5.32 Å². The van der Waals surface area contributed by atoms with Gasteiger partial charge in [0.2, 0.25) is 0 Å². The number of carbonyl (C=O) groups excluding carboxylic acids is 1. The summed E-state index contributed by atoms with van der Waals surface area (Å²) < 4.78 is 5.80. The molecule has 4 N–H and O–H groups in total. The van der Waals surface area contributed by atoms with Gasteiger partial charge < -0.3 is 25.4 Å². The molecule has 0 bridgehead atoms. The Morgan fingerprint density at radius 2 is 1.65 bits per heavy atom. The lowest BCUT2D eigenvalue weighted by atomic mass is 9.98. The molecule has 7 nitrogen and oxygen atoms in total. The van der Waals surface area contributed by atoms with Gasteiger partial charge in [0.15, 0.2) is 0 Å². The third-order valence-corrected chi connectivity index (χ3v) is 5.75. The quantitative estimate of drug-likeness (QED) is 0.398. The van der Waals surface area contributed by atoms with Crippen molar-refractivity contribution in [1.82, 2.24) is 10.3 Å². The fraction of sp³-hybridized carbons (Fsp3) is 0.217. The van der Waals surface area contributed by atoms with Crippen LogP contribution in [0.15, 0.2) is 65.3 Å². The van der Waals surface area contributed by atoms with Crippen LogP contribution in [0, 0.1) is 0 Å². The molecule has 0 saturated carbocycles. The number of carbonyl (C=O) groups is 1. The maximum atomic E-state index is 12.2. The minimum absolute atomic E-state index is 0.0727. The number of benzene rings is 2. The average Bonchev–Trinajstić information content (AvgIpc) is 3.11. The number of aromatic nitrogens is 1. The second-order valence-corrected chi connectivity index (χ2v) is 8.07. The average molecular weight is 485 g/mol. The first-order valence-electron chi connectivity index (χ1n) is 9.76. The van der Waals surface area contributed by atoms with E-state index in [2.05, 4.69) is 38.4 Å². The molecule has 0 spiro atoms. The van der Waals surface area contributed by atoms with Crippen LogP contribution in [0.2, 0.25) is 0 Å². The molecule has 1 heterocycles. The molecule has 2 unspecified atom stereocenters. The van der Waals surface area contributed by atoms with Crippen molar-refractivity contribution in [3.63, 3.8) is 0 Å². The molecule has 1 amide bonds. The SMILES string of the molecule is O=C(NCC(O)C(O)c1nc(Br)ccc1O)OCC1c2ccccc2-c2ccccc21. The van der Waals surface area contributed by atoms with Crippen molar-refractivity contribution < 1.29 is 24.9 Å². The Kier molecular flexibility index (Phi) is 6.22. The van der Waals surface area contributed by atoms with Crippen molar-refractivity contribution in [2.45, 2.75) is 18.1 Å². The monoisotopic (exact) mass is 484 g/mol. The highest BCUT2D eigenvalue weighted by Gasteiger charge is 2.29. The van der Waals surface area contributed by atoms with Crippen LogP contribution in [-0.4, -0.2) is 45.7 Å². The Bertz CT molecular complexity index is 1060. The van der Waals surface area contributed by atoms with Gasteiger partial charge >= 0.3 is 6.09 Å². The highest BCUT2D eigenvalue weighted by molar-refractivity contribution is 9.10. The number of pyridine rings is 1. The van der Waals surface area contributed by atoms with Gasteiger partial charge in [-0.3, -0.25) is 0 Å². The van der Waals surface area contributed by atoms with Gasteiger partial charge in [0.05, 0.1) is 0 Å². The van der Waals surface area contributed by atoms with E-state index in [0.29, 0.717) is 4.60 Å². The Morgan fingerprint density at radius 3 is 2.29 bits per heavy atom. The standard InChI is InChI=1S/C23H21BrN2O5/c24-20-10-9-18(27)21(26-20)22(29)19(28)11-25-23(30)31-12-17-15-7-3-1-5-13(15)14-6-2-4-8-16(14)17/h1-10,17,19,22,27-29H,11-12H2,(H,25,30). The van der Waals surface area contributed by atoms with Crippen LogP contribution in [0.1, 0.15) is 28.8 Å². The van der Waals surface area contributed by atoms with E-state index in [1.54, 1.807) is 0 Å². The summed E-state index contributed by atoms with van der Waals surface area (Å²) in [7, 11) is 0. The van der Waals surface area contributed by atoms with Crippen LogP contribution in [-0.2, 0) is 4.74 Å². The molecule has 0 aliphatic heterocycles. The van der Waals surface area contributed by atoms with Crippen molar-refractivity contribution in [2.24, 2.45) is 0 Å². The lowest BCUT2D eigenvalue weighted by molar-refractivity contribution is 0.0146. The second kappa shape index (κ2) is 9.05. The smallest absolute Gasteiger partial charge is 0.407 e. The third-order valence-electron chi connectivity index (χ3n) is 5.31. The van der Waals surface area contributed by atoms with Gasteiger partial charge in [-0.1, -0.05) is 48.5 Å². The normalized spacial score (nSPS) is 14.4. The van der Waals surface area contributed by atoms with Crippen LogP contribution in [0.4, 0.5) is 4.79 Å². The number of rotatable bonds is 6. The summed E-state index contributed by atoms with van der Waals surface area (Å²) in [4.78, 5) is 16.2. The van der Waals surface area contributed by atoms with E-state index in [1.807, 2.05) is 36.4 Å². The Morgan fingerprint density at radius 1 is 1.03 bits per heavy atom. The molecular formula is C23H21BrN2O5. The van der Waals surface area contributed by atoms with Gasteiger partial charge in [-0.15, -0.1) is 0 Å². The van der Waals surface area contributed by atoms with Crippen LogP contribution in [0.25, 0.3) is 11.1 Å². The fourth-order valence-corrected chi connectivity index (χ4v) is 4.11. The molecule has 1 aliphatic carbocycles. The van der Waals surface area contributed by atoms with Crippen LogP contribution in [0.3, 0.4) is 0 Å². The highest BCUT2D eigenvalue weighted by Crippen LogP contribution is 2.44. The third kappa shape index (κ3) is 4.41. The molecule has 0 radical (unpaired) electrons. The number of nitrogens with zero attached hydrogens (tertiary/aromatic N) is 1. The maximum absolute atomic E-state index is 12.2. The van der Waals surface area contributed by atoms with Crippen molar-refractivity contribution in [1.29, 1.82) is 0 Å². The second-order valence-electron chi connectivity index (χ2n) is 7.26. The number of alkyl carbamates (subject to hydrolysis) is 1. The first-order chi connectivity index (χ1) is 15.0. The predicted molar refractivity (Wildman–Crippen MR) is 118 cm³/mol. The minimum atomic E-state index is -1.48. The first kappa shape index (κ1) is 21.3. The lowest BCUT2D eigenvalue weighted by Gasteiger charge is -2.19. The summed E-state index contributed by atoms with van der Waals surface area (Å²) in [5.41, 5.74) is 4.38. The largest absolute Gasteiger partial charge is 0.506 e. The van der Waals surface area contributed by atoms with E-state index >= 15 is 0 Å². The van der Waals surface area contributed by atoms with Gasteiger partial charge in [-0.25, -0.2) is 9.78 Å². The number of fused-ring (bicyclic) bond motifs is 3. The number of ether oxygens (including phenoxy) is 1. The van der Waals surface area contributed by atoms with Gasteiger partial charge in [0.25, 0.3) is 0 Å². The fourth-order valence-electron chi connectivity index (χ4n) is 3.79. The highest BCUT2D eigenvalue weighted by atomic mass is 79.9. The minimum Gasteiger partial charge on any atom is -0.506 e. The molecule has 2 aromatic carbocycles. The summed E-state index contributed by atoms with van der Waals surface area (Å²) in [5.74, 6) is -0.327. The van der Waals surface area contributed by atoms with Gasteiger partial charge in [-0.05, 0) is 50.3 Å². The summed E-state index contributed by atoms with van der Waals surface area (Å²) in [6, 6.07) is 18.9. The van der Waals surface area contributed by atoms with Crippen LogP contribution >= 0.6 is 15.9 Å².